The number of fused-ring (bicyclic) bond motifs is 1. The molecule has 1 N–H and O–H groups in total. The van der Waals surface area contributed by atoms with E-state index in [2.05, 4.69) is 31.4 Å². The molecule has 0 radical (unpaired) electrons. The normalized spacial score (nSPS) is 10.5. The van der Waals surface area contributed by atoms with Crippen LogP contribution in [0, 0.1) is 11.3 Å². The predicted octanol–water partition coefficient (Wildman–Crippen LogP) is 2.82. The third-order valence-electron chi connectivity index (χ3n) is 4.00. The zero-order chi connectivity index (χ0) is 19.5. The maximum absolute atomic E-state index is 9.10. The molecule has 1 aromatic carbocycles. The van der Waals surface area contributed by atoms with Gasteiger partial charge in [0.15, 0.2) is 5.65 Å². The van der Waals surface area contributed by atoms with E-state index in [1.165, 1.54) is 6.20 Å². The number of benzene rings is 1. The van der Waals surface area contributed by atoms with Crippen molar-refractivity contribution in [3.63, 3.8) is 0 Å². The summed E-state index contributed by atoms with van der Waals surface area (Å²) in [6, 6.07) is 9.19. The number of anilines is 2. The highest BCUT2D eigenvalue weighted by Gasteiger charge is 2.13. The average Bonchev–Trinajstić information content (AvgIpc) is 3.15. The molecule has 0 aliphatic rings. The van der Waals surface area contributed by atoms with E-state index in [1.807, 2.05) is 12.1 Å². The van der Waals surface area contributed by atoms with Crippen LogP contribution in [0.3, 0.4) is 0 Å². The number of ether oxygens (including phenoxy) is 2. The first-order valence-corrected chi connectivity index (χ1v) is 8.27. The largest absolute Gasteiger partial charge is 0.497 e. The van der Waals surface area contributed by atoms with Crippen molar-refractivity contribution in [3.05, 3.63) is 54.6 Å². The van der Waals surface area contributed by atoms with Crippen molar-refractivity contribution in [3.8, 4) is 28.8 Å². The summed E-state index contributed by atoms with van der Waals surface area (Å²) >= 11 is 0. The summed E-state index contributed by atoms with van der Waals surface area (Å²) in [5.41, 5.74) is 2.97. The van der Waals surface area contributed by atoms with Crippen LogP contribution >= 0.6 is 0 Å². The number of hydrogen-bond donors (Lipinski definition) is 1. The predicted molar refractivity (Wildman–Crippen MR) is 102 cm³/mol. The zero-order valence-corrected chi connectivity index (χ0v) is 15.1. The molecule has 138 valence electrons. The van der Waals surface area contributed by atoms with Crippen molar-refractivity contribution in [2.45, 2.75) is 0 Å². The summed E-state index contributed by atoms with van der Waals surface area (Å²) in [6.07, 6.45) is 6.45. The molecule has 0 saturated carbocycles. The fourth-order valence-electron chi connectivity index (χ4n) is 2.71. The van der Waals surface area contributed by atoms with Gasteiger partial charge in [-0.1, -0.05) is 0 Å². The van der Waals surface area contributed by atoms with E-state index in [0.29, 0.717) is 39.9 Å². The van der Waals surface area contributed by atoms with Gasteiger partial charge < -0.3 is 14.8 Å². The second-order valence-electron chi connectivity index (χ2n) is 5.78. The maximum atomic E-state index is 9.10. The first-order chi connectivity index (χ1) is 13.7. The van der Waals surface area contributed by atoms with E-state index in [9.17, 15) is 0 Å². The molecule has 28 heavy (non-hydrogen) atoms. The number of methoxy groups -OCH3 is 2. The van der Waals surface area contributed by atoms with Gasteiger partial charge in [0.25, 0.3) is 0 Å². The Morgan fingerprint density at radius 1 is 1.07 bits per heavy atom. The van der Waals surface area contributed by atoms with Gasteiger partial charge in [0.05, 0.1) is 19.8 Å². The summed E-state index contributed by atoms with van der Waals surface area (Å²) in [5, 5.41) is 16.7. The molecule has 4 aromatic rings. The Bertz CT molecular complexity index is 1170. The van der Waals surface area contributed by atoms with Gasteiger partial charge in [-0.25, -0.2) is 4.52 Å². The first-order valence-electron chi connectivity index (χ1n) is 8.27. The molecule has 0 aliphatic carbocycles. The van der Waals surface area contributed by atoms with Crippen molar-refractivity contribution < 1.29 is 9.47 Å². The topological polar surface area (TPSA) is 110 Å². The molecule has 0 saturated heterocycles. The molecular weight excluding hydrogens is 358 g/mol. The summed E-state index contributed by atoms with van der Waals surface area (Å²) in [7, 11) is 3.17. The molecule has 9 nitrogen and oxygen atoms in total. The van der Waals surface area contributed by atoms with E-state index in [-0.39, 0.29) is 0 Å². The molecule has 0 bridgehead atoms. The lowest BCUT2D eigenvalue weighted by Gasteiger charge is -2.08. The monoisotopic (exact) mass is 373 g/mol. The van der Waals surface area contributed by atoms with Crippen LogP contribution in [-0.4, -0.2) is 38.8 Å². The SMILES string of the molecule is COc1cc(Nc2nc3c(-c4cncc(C#N)c4)nccn3n2)cc(OC)c1. The first kappa shape index (κ1) is 17.2. The third kappa shape index (κ3) is 3.26. The second-order valence-corrected chi connectivity index (χ2v) is 5.78. The van der Waals surface area contributed by atoms with Crippen LogP contribution in [0.15, 0.2) is 49.1 Å². The minimum Gasteiger partial charge on any atom is -0.497 e. The van der Waals surface area contributed by atoms with Gasteiger partial charge in [0.2, 0.25) is 5.95 Å². The highest BCUT2D eigenvalue weighted by molar-refractivity contribution is 5.74. The van der Waals surface area contributed by atoms with E-state index in [1.54, 1.807) is 49.5 Å². The van der Waals surface area contributed by atoms with Gasteiger partial charge in [0.1, 0.15) is 23.3 Å². The van der Waals surface area contributed by atoms with Crippen LogP contribution in [0.25, 0.3) is 16.9 Å². The number of hydrogen-bond acceptors (Lipinski definition) is 8. The van der Waals surface area contributed by atoms with Crippen molar-refractivity contribution in [1.82, 2.24) is 24.6 Å². The number of pyridine rings is 1. The Balaban J connectivity index is 1.74. The lowest BCUT2D eigenvalue weighted by molar-refractivity contribution is 0.395. The average molecular weight is 373 g/mol. The van der Waals surface area contributed by atoms with Crippen molar-refractivity contribution >= 4 is 17.3 Å². The van der Waals surface area contributed by atoms with Crippen LogP contribution in [0.1, 0.15) is 5.56 Å². The minimum absolute atomic E-state index is 0.383. The van der Waals surface area contributed by atoms with Crippen LogP contribution in [0.4, 0.5) is 11.6 Å². The maximum Gasteiger partial charge on any atom is 0.247 e. The Labute approximate surface area is 160 Å². The fourth-order valence-corrected chi connectivity index (χ4v) is 2.71. The number of nitrogens with one attached hydrogen (secondary N) is 1. The van der Waals surface area contributed by atoms with E-state index in [4.69, 9.17) is 14.7 Å². The minimum atomic E-state index is 0.383. The van der Waals surface area contributed by atoms with Crippen molar-refractivity contribution in [2.75, 3.05) is 19.5 Å². The summed E-state index contributed by atoms with van der Waals surface area (Å²) in [4.78, 5) is 13.0. The van der Waals surface area contributed by atoms with Crippen molar-refractivity contribution in [1.29, 1.82) is 5.26 Å². The van der Waals surface area contributed by atoms with Gasteiger partial charge in [-0.05, 0) is 6.07 Å². The Kier molecular flexibility index (Phi) is 4.43. The number of aromatic nitrogens is 5. The van der Waals surface area contributed by atoms with E-state index in [0.717, 1.165) is 5.69 Å². The molecular formula is C19H15N7O2. The van der Waals surface area contributed by atoms with Crippen LogP contribution in [-0.2, 0) is 0 Å². The van der Waals surface area contributed by atoms with E-state index < -0.39 is 0 Å². The third-order valence-corrected chi connectivity index (χ3v) is 4.00. The van der Waals surface area contributed by atoms with Gasteiger partial charge in [0, 0.05) is 54.2 Å². The Morgan fingerprint density at radius 3 is 2.57 bits per heavy atom. The van der Waals surface area contributed by atoms with E-state index >= 15 is 0 Å². The molecule has 3 heterocycles. The fraction of sp³-hybridized carbons (Fsp3) is 0.105. The molecule has 0 aliphatic heterocycles. The molecule has 0 spiro atoms. The molecule has 0 fully saturated rings. The molecule has 4 rings (SSSR count). The highest BCUT2D eigenvalue weighted by atomic mass is 16.5. The van der Waals surface area contributed by atoms with Crippen molar-refractivity contribution in [2.24, 2.45) is 0 Å². The van der Waals surface area contributed by atoms with Gasteiger partial charge in [-0.15, -0.1) is 5.10 Å². The summed E-state index contributed by atoms with van der Waals surface area (Å²) in [6.45, 7) is 0. The molecule has 0 amide bonds. The quantitative estimate of drug-likeness (QED) is 0.569. The molecule has 9 heteroatoms. The highest BCUT2D eigenvalue weighted by Crippen LogP contribution is 2.28. The van der Waals surface area contributed by atoms with Crippen LogP contribution in [0.2, 0.25) is 0 Å². The zero-order valence-electron chi connectivity index (χ0n) is 15.1. The molecule has 0 unspecified atom stereocenters. The lowest BCUT2D eigenvalue weighted by atomic mass is 10.1. The molecule has 0 atom stereocenters. The van der Waals surface area contributed by atoms with Crippen LogP contribution in [0.5, 0.6) is 11.5 Å². The summed E-state index contributed by atoms with van der Waals surface area (Å²) < 4.78 is 12.2. The summed E-state index contributed by atoms with van der Waals surface area (Å²) in [5.74, 6) is 1.67. The Morgan fingerprint density at radius 2 is 1.86 bits per heavy atom. The van der Waals surface area contributed by atoms with Gasteiger partial charge in [-0.3, -0.25) is 9.97 Å². The number of nitriles is 1. The standard InChI is InChI=1S/C19H15N7O2/c1-27-15-6-14(7-16(8-15)28-2)23-19-24-18-17(22-3-4-26(18)25-19)13-5-12(9-20)10-21-11-13/h3-8,10-11H,1-2H3,(H,23,25). The number of nitrogens with zero attached hydrogens (tertiary/aromatic N) is 6. The smallest absolute Gasteiger partial charge is 0.247 e. The lowest BCUT2D eigenvalue weighted by Crippen LogP contribution is -1.95. The number of rotatable bonds is 5. The Hall–Kier alpha value is -4.19. The molecule has 3 aromatic heterocycles. The van der Waals surface area contributed by atoms with Gasteiger partial charge in [-0.2, -0.15) is 10.2 Å². The van der Waals surface area contributed by atoms with Gasteiger partial charge >= 0.3 is 0 Å². The second kappa shape index (κ2) is 7.20. The van der Waals surface area contributed by atoms with Crippen LogP contribution < -0.4 is 14.8 Å².